The number of nitrogens with zero attached hydrogens (tertiary/aromatic N) is 2. The van der Waals surface area contributed by atoms with Crippen LogP contribution in [0.2, 0.25) is 0 Å². The summed E-state index contributed by atoms with van der Waals surface area (Å²) in [6.07, 6.45) is 6.13. The van der Waals surface area contributed by atoms with Gasteiger partial charge in [0.05, 0.1) is 5.92 Å². The number of fused-ring (bicyclic) bond motifs is 1. The molecule has 1 atom stereocenters. The average molecular weight is 326 g/mol. The summed E-state index contributed by atoms with van der Waals surface area (Å²) >= 11 is 0. The van der Waals surface area contributed by atoms with Gasteiger partial charge in [-0.25, -0.2) is 0 Å². The minimum atomic E-state index is 0.0232. The van der Waals surface area contributed by atoms with Gasteiger partial charge in [-0.1, -0.05) is 30.7 Å². The summed E-state index contributed by atoms with van der Waals surface area (Å²) in [5.74, 6) is 0.865. The number of hydrogen-bond acceptors (Lipinski definition) is 2. The zero-order valence-electron chi connectivity index (χ0n) is 14.2. The van der Waals surface area contributed by atoms with E-state index in [9.17, 15) is 9.59 Å². The Morgan fingerprint density at radius 1 is 0.833 bits per heavy atom. The maximum atomic E-state index is 13.0. The molecule has 1 unspecified atom stereocenters. The first-order valence-corrected chi connectivity index (χ1v) is 9.39. The molecule has 2 fully saturated rings. The van der Waals surface area contributed by atoms with Crippen LogP contribution in [0.25, 0.3) is 0 Å². The van der Waals surface area contributed by atoms with Gasteiger partial charge in [-0.2, -0.15) is 0 Å². The van der Waals surface area contributed by atoms with Crippen LogP contribution in [0, 0.1) is 5.92 Å². The largest absolute Gasteiger partial charge is 0.341 e. The molecule has 0 spiro atoms. The van der Waals surface area contributed by atoms with Crippen molar-refractivity contribution in [2.45, 2.75) is 44.4 Å². The number of carbonyl (C=O) groups excluding carboxylic acids is 2. The van der Waals surface area contributed by atoms with Gasteiger partial charge in [0, 0.05) is 32.1 Å². The maximum absolute atomic E-state index is 13.0. The van der Waals surface area contributed by atoms with E-state index in [1.165, 1.54) is 17.5 Å². The van der Waals surface area contributed by atoms with Crippen molar-refractivity contribution in [1.29, 1.82) is 0 Å². The zero-order chi connectivity index (χ0) is 16.5. The van der Waals surface area contributed by atoms with Crippen molar-refractivity contribution >= 4 is 11.8 Å². The molecule has 4 rings (SSSR count). The van der Waals surface area contributed by atoms with Crippen molar-refractivity contribution in [3.8, 4) is 0 Å². The highest BCUT2D eigenvalue weighted by Gasteiger charge is 2.34. The molecule has 0 aromatic heterocycles. The number of amides is 2. The second-order valence-electron chi connectivity index (χ2n) is 7.42. The molecule has 1 aromatic carbocycles. The summed E-state index contributed by atoms with van der Waals surface area (Å²) in [5.41, 5.74) is 2.54. The molecule has 1 saturated heterocycles. The van der Waals surface area contributed by atoms with Gasteiger partial charge in [0.15, 0.2) is 0 Å². The molecular weight excluding hydrogens is 300 g/mol. The van der Waals surface area contributed by atoms with Crippen LogP contribution in [0.15, 0.2) is 24.3 Å². The van der Waals surface area contributed by atoms with E-state index in [2.05, 4.69) is 18.2 Å². The van der Waals surface area contributed by atoms with Crippen molar-refractivity contribution < 1.29 is 9.59 Å². The molecule has 2 aliphatic carbocycles. The molecular formula is C20H26N2O2. The summed E-state index contributed by atoms with van der Waals surface area (Å²) in [7, 11) is 0. The lowest BCUT2D eigenvalue weighted by atomic mass is 9.84. The highest BCUT2D eigenvalue weighted by molar-refractivity contribution is 5.85. The first kappa shape index (κ1) is 15.7. The molecule has 1 heterocycles. The zero-order valence-corrected chi connectivity index (χ0v) is 14.2. The molecule has 0 N–H and O–H groups in total. The number of carbonyl (C=O) groups is 2. The minimum Gasteiger partial charge on any atom is -0.341 e. The van der Waals surface area contributed by atoms with Crippen molar-refractivity contribution in [2.75, 3.05) is 26.2 Å². The van der Waals surface area contributed by atoms with E-state index >= 15 is 0 Å². The fourth-order valence-corrected chi connectivity index (χ4v) is 4.31. The third-order valence-electron chi connectivity index (χ3n) is 6.00. The molecule has 4 nitrogen and oxygen atoms in total. The second kappa shape index (κ2) is 6.58. The van der Waals surface area contributed by atoms with Crippen molar-refractivity contribution in [2.24, 2.45) is 5.92 Å². The second-order valence-corrected chi connectivity index (χ2v) is 7.42. The molecule has 0 bridgehead atoms. The lowest BCUT2D eigenvalue weighted by Crippen LogP contribution is -2.42. The fourth-order valence-electron chi connectivity index (χ4n) is 4.31. The van der Waals surface area contributed by atoms with Gasteiger partial charge >= 0.3 is 0 Å². The van der Waals surface area contributed by atoms with E-state index in [1.807, 2.05) is 15.9 Å². The van der Waals surface area contributed by atoms with Crippen LogP contribution >= 0.6 is 0 Å². The Morgan fingerprint density at radius 2 is 1.54 bits per heavy atom. The van der Waals surface area contributed by atoms with Crippen LogP contribution in [0.1, 0.15) is 49.1 Å². The lowest BCUT2D eigenvalue weighted by molar-refractivity contribution is -0.139. The topological polar surface area (TPSA) is 40.6 Å². The van der Waals surface area contributed by atoms with E-state index in [4.69, 9.17) is 0 Å². The monoisotopic (exact) mass is 326 g/mol. The van der Waals surface area contributed by atoms with Crippen LogP contribution in [0.5, 0.6) is 0 Å². The summed E-state index contributed by atoms with van der Waals surface area (Å²) in [4.78, 5) is 29.5. The minimum absolute atomic E-state index is 0.0232. The Labute approximate surface area is 143 Å². The fraction of sp³-hybridized carbons (Fsp3) is 0.600. The van der Waals surface area contributed by atoms with E-state index < -0.39 is 0 Å². The molecule has 2 amide bonds. The summed E-state index contributed by atoms with van der Waals surface area (Å²) in [5, 5.41) is 0. The summed E-state index contributed by atoms with van der Waals surface area (Å²) in [6.45, 7) is 2.98. The highest BCUT2D eigenvalue weighted by Crippen LogP contribution is 2.34. The Kier molecular flexibility index (Phi) is 4.30. The Hall–Kier alpha value is -1.84. The van der Waals surface area contributed by atoms with Crippen molar-refractivity contribution in [3.05, 3.63) is 35.4 Å². The quantitative estimate of drug-likeness (QED) is 0.838. The van der Waals surface area contributed by atoms with Gasteiger partial charge in [-0.3, -0.25) is 9.59 Å². The molecule has 1 aromatic rings. The van der Waals surface area contributed by atoms with Gasteiger partial charge in [-0.15, -0.1) is 0 Å². The van der Waals surface area contributed by atoms with E-state index in [-0.39, 0.29) is 17.7 Å². The highest BCUT2D eigenvalue weighted by atomic mass is 16.2. The number of benzene rings is 1. The molecule has 128 valence electrons. The SMILES string of the molecule is O=C(C1CCC1)N1CCCN(C(=O)C2CCc3ccccc32)CC1. The predicted molar refractivity (Wildman–Crippen MR) is 92.6 cm³/mol. The van der Waals surface area contributed by atoms with Crippen LogP contribution in [0.4, 0.5) is 0 Å². The van der Waals surface area contributed by atoms with Crippen molar-refractivity contribution in [1.82, 2.24) is 9.80 Å². The Bertz CT molecular complexity index is 638. The molecule has 24 heavy (non-hydrogen) atoms. The van der Waals surface area contributed by atoms with Crippen LogP contribution in [-0.4, -0.2) is 47.8 Å². The van der Waals surface area contributed by atoms with Crippen LogP contribution in [0.3, 0.4) is 0 Å². The molecule has 3 aliphatic rings. The normalized spacial score (nSPS) is 24.2. The van der Waals surface area contributed by atoms with E-state index in [0.717, 1.165) is 45.2 Å². The lowest BCUT2D eigenvalue weighted by Gasteiger charge is -2.31. The molecule has 0 radical (unpaired) electrons. The maximum Gasteiger partial charge on any atom is 0.230 e. The first-order valence-electron chi connectivity index (χ1n) is 9.39. The van der Waals surface area contributed by atoms with Crippen LogP contribution in [-0.2, 0) is 16.0 Å². The molecule has 4 heteroatoms. The van der Waals surface area contributed by atoms with Gasteiger partial charge in [0.2, 0.25) is 11.8 Å². The molecule has 1 aliphatic heterocycles. The number of hydrogen-bond donors (Lipinski definition) is 0. The smallest absolute Gasteiger partial charge is 0.230 e. The third kappa shape index (κ3) is 2.83. The summed E-state index contributed by atoms with van der Waals surface area (Å²) < 4.78 is 0. The van der Waals surface area contributed by atoms with Gasteiger partial charge in [0.1, 0.15) is 0 Å². The number of aryl methyl sites for hydroxylation is 1. The third-order valence-corrected chi connectivity index (χ3v) is 6.00. The standard InChI is InChI=1S/C20H26N2O2/c23-19(16-6-3-7-16)21-11-4-12-22(14-13-21)20(24)18-10-9-15-5-1-2-8-17(15)18/h1-2,5,8,16,18H,3-4,6-7,9-14H2. The van der Waals surface area contributed by atoms with Gasteiger partial charge in [-0.05, 0) is 43.2 Å². The predicted octanol–water partition coefficient (Wildman–Crippen LogP) is 2.58. The van der Waals surface area contributed by atoms with Crippen molar-refractivity contribution in [3.63, 3.8) is 0 Å². The van der Waals surface area contributed by atoms with Crippen LogP contribution < -0.4 is 0 Å². The van der Waals surface area contributed by atoms with Gasteiger partial charge < -0.3 is 9.80 Å². The van der Waals surface area contributed by atoms with E-state index in [0.29, 0.717) is 19.0 Å². The summed E-state index contributed by atoms with van der Waals surface area (Å²) in [6, 6.07) is 8.34. The Balaban J connectivity index is 1.40. The van der Waals surface area contributed by atoms with Gasteiger partial charge in [0.25, 0.3) is 0 Å². The Morgan fingerprint density at radius 3 is 2.25 bits per heavy atom. The first-order chi connectivity index (χ1) is 11.7. The van der Waals surface area contributed by atoms with E-state index in [1.54, 1.807) is 0 Å². The molecule has 1 saturated carbocycles. The average Bonchev–Trinajstić information content (AvgIpc) is 2.81. The number of rotatable bonds is 2.